The standard InChI is InChI=1S/C17H26O3/c1-3-13-7-5-9-15(11-13)20-17-14(12-18)8-6-10-16(17)19-4-2/h6,8,10,13,15,18H,3-5,7,9,11-12H2,1-2H3. The van der Waals surface area contributed by atoms with Crippen LogP contribution < -0.4 is 9.47 Å². The topological polar surface area (TPSA) is 38.7 Å². The molecule has 0 aliphatic heterocycles. The highest BCUT2D eigenvalue weighted by Gasteiger charge is 2.24. The summed E-state index contributed by atoms with van der Waals surface area (Å²) < 4.78 is 11.8. The SMILES string of the molecule is CCOc1cccc(CO)c1OC1CCCC(CC)C1. The maximum absolute atomic E-state index is 9.50. The molecular weight excluding hydrogens is 252 g/mol. The van der Waals surface area contributed by atoms with Crippen molar-refractivity contribution in [2.45, 2.75) is 58.7 Å². The molecule has 0 spiro atoms. The molecule has 1 saturated carbocycles. The van der Waals surface area contributed by atoms with Crippen molar-refractivity contribution in [1.82, 2.24) is 0 Å². The van der Waals surface area contributed by atoms with Crippen molar-refractivity contribution in [2.75, 3.05) is 6.61 Å². The van der Waals surface area contributed by atoms with Crippen molar-refractivity contribution in [3.8, 4) is 11.5 Å². The molecular formula is C17H26O3. The van der Waals surface area contributed by atoms with Crippen LogP contribution in [0.15, 0.2) is 18.2 Å². The van der Waals surface area contributed by atoms with Gasteiger partial charge in [0.15, 0.2) is 11.5 Å². The van der Waals surface area contributed by atoms with Gasteiger partial charge in [-0.25, -0.2) is 0 Å². The van der Waals surface area contributed by atoms with Crippen LogP contribution in [0, 0.1) is 5.92 Å². The second kappa shape index (κ2) is 7.53. The third-order valence-electron chi connectivity index (χ3n) is 4.13. The van der Waals surface area contributed by atoms with E-state index < -0.39 is 0 Å². The van der Waals surface area contributed by atoms with Gasteiger partial charge >= 0.3 is 0 Å². The summed E-state index contributed by atoms with van der Waals surface area (Å²) in [6.45, 7) is 4.80. The molecule has 1 aliphatic carbocycles. The average Bonchev–Trinajstić information content (AvgIpc) is 2.49. The number of hydrogen-bond donors (Lipinski definition) is 1. The van der Waals surface area contributed by atoms with Gasteiger partial charge in [-0.1, -0.05) is 31.9 Å². The van der Waals surface area contributed by atoms with E-state index in [4.69, 9.17) is 9.47 Å². The number of rotatable bonds is 6. The van der Waals surface area contributed by atoms with Gasteiger partial charge in [0.25, 0.3) is 0 Å². The minimum atomic E-state index is -0.0137. The molecule has 20 heavy (non-hydrogen) atoms. The fourth-order valence-corrected chi connectivity index (χ4v) is 2.97. The van der Waals surface area contributed by atoms with E-state index in [1.807, 2.05) is 25.1 Å². The van der Waals surface area contributed by atoms with E-state index in [0.29, 0.717) is 6.61 Å². The minimum Gasteiger partial charge on any atom is -0.490 e. The highest BCUT2D eigenvalue weighted by Crippen LogP contribution is 2.36. The monoisotopic (exact) mass is 278 g/mol. The van der Waals surface area contributed by atoms with E-state index in [1.54, 1.807) is 0 Å². The summed E-state index contributed by atoms with van der Waals surface area (Å²) in [4.78, 5) is 0. The largest absolute Gasteiger partial charge is 0.490 e. The zero-order chi connectivity index (χ0) is 14.4. The van der Waals surface area contributed by atoms with Gasteiger partial charge in [-0.2, -0.15) is 0 Å². The Morgan fingerprint density at radius 3 is 2.80 bits per heavy atom. The molecule has 0 radical (unpaired) electrons. The molecule has 112 valence electrons. The molecule has 2 rings (SSSR count). The van der Waals surface area contributed by atoms with Crippen molar-refractivity contribution >= 4 is 0 Å². The summed E-state index contributed by atoms with van der Waals surface area (Å²) in [6, 6.07) is 5.72. The van der Waals surface area contributed by atoms with Gasteiger partial charge in [0.2, 0.25) is 0 Å². The molecule has 3 heteroatoms. The Bertz CT molecular complexity index is 417. The van der Waals surface area contributed by atoms with Crippen LogP contribution in [0.3, 0.4) is 0 Å². The van der Waals surface area contributed by atoms with Crippen molar-refractivity contribution in [2.24, 2.45) is 5.92 Å². The lowest BCUT2D eigenvalue weighted by Gasteiger charge is -2.30. The highest BCUT2D eigenvalue weighted by atomic mass is 16.5. The molecule has 0 bridgehead atoms. The summed E-state index contributed by atoms with van der Waals surface area (Å²) in [6.07, 6.45) is 6.23. The number of benzene rings is 1. The van der Waals surface area contributed by atoms with Crippen LogP contribution in [0.2, 0.25) is 0 Å². The Morgan fingerprint density at radius 1 is 1.25 bits per heavy atom. The van der Waals surface area contributed by atoms with Gasteiger partial charge in [0, 0.05) is 5.56 Å². The number of ether oxygens (including phenoxy) is 2. The van der Waals surface area contributed by atoms with Gasteiger partial charge in [0.05, 0.1) is 19.3 Å². The lowest BCUT2D eigenvalue weighted by Crippen LogP contribution is -2.25. The first-order valence-corrected chi connectivity index (χ1v) is 7.80. The first-order valence-electron chi connectivity index (χ1n) is 7.80. The van der Waals surface area contributed by atoms with Crippen LogP contribution in [0.1, 0.15) is 51.5 Å². The summed E-state index contributed by atoms with van der Waals surface area (Å²) in [5.74, 6) is 2.25. The van der Waals surface area contributed by atoms with E-state index in [2.05, 4.69) is 6.92 Å². The maximum Gasteiger partial charge on any atom is 0.167 e. The molecule has 2 atom stereocenters. The van der Waals surface area contributed by atoms with Crippen LogP contribution in [-0.4, -0.2) is 17.8 Å². The molecule has 1 aromatic rings. The number of para-hydroxylation sites is 1. The van der Waals surface area contributed by atoms with Crippen molar-refractivity contribution < 1.29 is 14.6 Å². The Kier molecular flexibility index (Phi) is 5.72. The fraction of sp³-hybridized carbons (Fsp3) is 0.647. The van der Waals surface area contributed by atoms with Crippen molar-refractivity contribution in [3.05, 3.63) is 23.8 Å². The zero-order valence-corrected chi connectivity index (χ0v) is 12.6. The van der Waals surface area contributed by atoms with Gasteiger partial charge < -0.3 is 14.6 Å². The van der Waals surface area contributed by atoms with Crippen LogP contribution in [0.4, 0.5) is 0 Å². The highest BCUT2D eigenvalue weighted by molar-refractivity contribution is 5.46. The summed E-state index contributed by atoms with van der Waals surface area (Å²) >= 11 is 0. The number of aliphatic hydroxyl groups is 1. The third kappa shape index (κ3) is 3.66. The van der Waals surface area contributed by atoms with Crippen LogP contribution in [0.25, 0.3) is 0 Å². The Balaban J connectivity index is 2.14. The van der Waals surface area contributed by atoms with Crippen molar-refractivity contribution in [1.29, 1.82) is 0 Å². The average molecular weight is 278 g/mol. The molecule has 1 aromatic carbocycles. The molecule has 2 unspecified atom stereocenters. The van der Waals surface area contributed by atoms with Gasteiger partial charge in [-0.3, -0.25) is 0 Å². The third-order valence-corrected chi connectivity index (χ3v) is 4.13. The van der Waals surface area contributed by atoms with E-state index >= 15 is 0 Å². The van der Waals surface area contributed by atoms with E-state index in [9.17, 15) is 5.11 Å². The molecule has 0 heterocycles. The first-order chi connectivity index (χ1) is 9.78. The minimum absolute atomic E-state index is 0.0137. The quantitative estimate of drug-likeness (QED) is 0.857. The molecule has 0 amide bonds. The lowest BCUT2D eigenvalue weighted by molar-refractivity contribution is 0.114. The molecule has 3 nitrogen and oxygen atoms in total. The Hall–Kier alpha value is -1.22. The summed E-state index contributed by atoms with van der Waals surface area (Å²) in [5, 5.41) is 9.50. The summed E-state index contributed by atoms with van der Waals surface area (Å²) in [5.41, 5.74) is 0.814. The van der Waals surface area contributed by atoms with Gasteiger partial charge in [-0.15, -0.1) is 0 Å². The van der Waals surface area contributed by atoms with E-state index in [-0.39, 0.29) is 12.7 Å². The Labute approximate surface area is 121 Å². The molecule has 1 fully saturated rings. The van der Waals surface area contributed by atoms with Gasteiger partial charge in [0.1, 0.15) is 0 Å². The number of hydrogen-bond acceptors (Lipinski definition) is 3. The van der Waals surface area contributed by atoms with Crippen LogP contribution in [0.5, 0.6) is 11.5 Å². The smallest absolute Gasteiger partial charge is 0.167 e. The molecule has 0 saturated heterocycles. The van der Waals surface area contributed by atoms with Crippen LogP contribution in [-0.2, 0) is 6.61 Å². The molecule has 1 N–H and O–H groups in total. The fourth-order valence-electron chi connectivity index (χ4n) is 2.97. The van der Waals surface area contributed by atoms with Gasteiger partial charge in [-0.05, 0) is 38.2 Å². The predicted octanol–water partition coefficient (Wildman–Crippen LogP) is 3.93. The summed E-state index contributed by atoms with van der Waals surface area (Å²) in [7, 11) is 0. The maximum atomic E-state index is 9.50. The molecule has 1 aliphatic rings. The predicted molar refractivity (Wildman–Crippen MR) is 80.2 cm³/mol. The number of aliphatic hydroxyl groups excluding tert-OH is 1. The van der Waals surface area contributed by atoms with E-state index in [1.165, 1.54) is 19.3 Å². The Morgan fingerprint density at radius 2 is 2.10 bits per heavy atom. The lowest BCUT2D eigenvalue weighted by atomic mass is 9.85. The van der Waals surface area contributed by atoms with Crippen molar-refractivity contribution in [3.63, 3.8) is 0 Å². The van der Waals surface area contributed by atoms with E-state index in [0.717, 1.165) is 35.8 Å². The normalized spacial score (nSPS) is 22.6. The second-order valence-corrected chi connectivity index (χ2v) is 5.52. The second-order valence-electron chi connectivity index (χ2n) is 5.52. The first kappa shape index (κ1) is 15.2. The zero-order valence-electron chi connectivity index (χ0n) is 12.6. The van der Waals surface area contributed by atoms with Crippen LogP contribution >= 0.6 is 0 Å². The molecule has 0 aromatic heterocycles.